The first-order valence-corrected chi connectivity index (χ1v) is 15.1. The van der Waals surface area contributed by atoms with Crippen molar-refractivity contribution in [2.45, 2.75) is 53.4 Å². The molecule has 0 N–H and O–H groups in total. The van der Waals surface area contributed by atoms with Gasteiger partial charge in [0.25, 0.3) is 0 Å². The smallest absolute Gasteiger partial charge is 0.0572 e. The van der Waals surface area contributed by atoms with Gasteiger partial charge in [0.2, 0.25) is 0 Å². The fourth-order valence-corrected chi connectivity index (χ4v) is 6.34. The predicted octanol–water partition coefficient (Wildman–Crippen LogP) is 9.34. The molecule has 0 spiro atoms. The fourth-order valence-electron chi connectivity index (χ4n) is 6.34. The third kappa shape index (κ3) is 4.87. The van der Waals surface area contributed by atoms with E-state index in [4.69, 9.17) is 0 Å². The van der Waals surface area contributed by atoms with Crippen molar-refractivity contribution in [3.63, 3.8) is 0 Å². The van der Waals surface area contributed by atoms with Gasteiger partial charge < -0.3 is 9.13 Å². The molecular weight excluding hydrogens is 512 g/mol. The van der Waals surface area contributed by atoms with E-state index in [2.05, 4.69) is 132 Å². The lowest BCUT2D eigenvalue weighted by Gasteiger charge is -2.12. The fraction of sp³-hybridized carbons (Fsp3) is 0.211. The molecule has 0 aliphatic carbocycles. The summed E-state index contributed by atoms with van der Waals surface area (Å²) in [5.41, 5.74) is 12.9. The molecule has 0 radical (unpaired) electrons. The van der Waals surface area contributed by atoms with E-state index in [0.717, 1.165) is 53.2 Å². The Morgan fingerprint density at radius 2 is 1.00 bits per heavy atom. The first kappa shape index (κ1) is 27.5. The summed E-state index contributed by atoms with van der Waals surface area (Å²) >= 11 is 0. The van der Waals surface area contributed by atoms with E-state index in [1.54, 1.807) is 0 Å². The monoisotopic (exact) mass is 550 g/mol. The van der Waals surface area contributed by atoms with Crippen LogP contribution in [0.5, 0.6) is 0 Å². The van der Waals surface area contributed by atoms with Crippen LogP contribution in [0, 0.1) is 0 Å². The molecule has 6 aromatic rings. The van der Waals surface area contributed by atoms with Gasteiger partial charge >= 0.3 is 0 Å². The number of benzene rings is 2. The summed E-state index contributed by atoms with van der Waals surface area (Å²) in [5.74, 6) is 0. The van der Waals surface area contributed by atoms with Crippen LogP contribution in [0.15, 0.2) is 97.6 Å². The third-order valence-corrected chi connectivity index (χ3v) is 8.28. The van der Waals surface area contributed by atoms with Gasteiger partial charge in [-0.1, -0.05) is 50.3 Å². The first-order valence-electron chi connectivity index (χ1n) is 15.1. The molecule has 0 saturated heterocycles. The van der Waals surface area contributed by atoms with Crippen LogP contribution in [0.3, 0.4) is 0 Å². The molecular formula is C38H38N4. The number of hydrogen-bond donors (Lipinski definition) is 0. The Morgan fingerprint density at radius 3 is 1.40 bits per heavy atom. The molecule has 0 bridgehead atoms. The lowest BCUT2D eigenvalue weighted by atomic mass is 10.0. The van der Waals surface area contributed by atoms with Crippen LogP contribution in [-0.2, 0) is 25.7 Å². The normalized spacial score (nSPS) is 12.0. The summed E-state index contributed by atoms with van der Waals surface area (Å²) in [7, 11) is 0. The number of nitrogens with zero attached hydrogens (tertiary/aromatic N) is 4. The molecule has 0 atom stereocenters. The van der Waals surface area contributed by atoms with Gasteiger partial charge in [0, 0.05) is 58.3 Å². The zero-order chi connectivity index (χ0) is 29.1. The lowest BCUT2D eigenvalue weighted by Crippen LogP contribution is -2.01. The highest BCUT2D eigenvalue weighted by atomic mass is 15.0. The van der Waals surface area contributed by atoms with Crippen molar-refractivity contribution in [3.05, 3.63) is 131 Å². The Morgan fingerprint density at radius 1 is 0.571 bits per heavy atom. The molecule has 6 rings (SSSR count). The highest BCUT2D eigenvalue weighted by molar-refractivity contribution is 6.08. The van der Waals surface area contributed by atoms with Crippen molar-refractivity contribution in [3.8, 4) is 11.4 Å². The third-order valence-electron chi connectivity index (χ3n) is 8.28. The molecule has 0 fully saturated rings. The lowest BCUT2D eigenvalue weighted by molar-refractivity contribution is 0.953. The molecule has 0 saturated carbocycles. The van der Waals surface area contributed by atoms with Crippen molar-refractivity contribution in [1.29, 1.82) is 0 Å². The summed E-state index contributed by atoms with van der Waals surface area (Å²) in [4.78, 5) is 8.70. The number of hydrogen-bond acceptors (Lipinski definition) is 2. The van der Waals surface area contributed by atoms with Crippen LogP contribution in [0.1, 0.15) is 61.3 Å². The number of fused-ring (bicyclic) bond motifs is 3. The number of aryl methyl sites for hydroxylation is 2. The van der Waals surface area contributed by atoms with Gasteiger partial charge in [0.15, 0.2) is 0 Å². The Hall–Kier alpha value is -4.70. The van der Waals surface area contributed by atoms with Crippen molar-refractivity contribution in [2.75, 3.05) is 0 Å². The van der Waals surface area contributed by atoms with E-state index < -0.39 is 0 Å². The largest absolute Gasteiger partial charge is 0.310 e. The molecule has 210 valence electrons. The Labute approximate surface area is 248 Å². The predicted molar refractivity (Wildman–Crippen MR) is 178 cm³/mol. The molecule has 4 heterocycles. The average Bonchev–Trinajstić information content (AvgIpc) is 3.53. The van der Waals surface area contributed by atoms with Gasteiger partial charge in [0.05, 0.1) is 11.0 Å². The van der Waals surface area contributed by atoms with Gasteiger partial charge in [-0.25, -0.2) is 0 Å². The van der Waals surface area contributed by atoms with Gasteiger partial charge in [-0.15, -0.1) is 0 Å². The molecule has 0 amide bonds. The van der Waals surface area contributed by atoms with E-state index in [0.29, 0.717) is 0 Å². The Bertz CT molecular complexity index is 1810. The van der Waals surface area contributed by atoms with Crippen LogP contribution in [0.25, 0.3) is 45.3 Å². The Balaban J connectivity index is 1.24. The van der Waals surface area contributed by atoms with E-state index in [1.165, 1.54) is 39.3 Å². The van der Waals surface area contributed by atoms with Gasteiger partial charge in [-0.2, -0.15) is 0 Å². The highest BCUT2D eigenvalue weighted by Crippen LogP contribution is 2.32. The second-order valence-corrected chi connectivity index (χ2v) is 10.7. The molecule has 42 heavy (non-hydrogen) atoms. The number of pyridine rings is 2. The maximum absolute atomic E-state index is 4.35. The zero-order valence-corrected chi connectivity index (χ0v) is 25.0. The molecule has 4 heteroatoms. The van der Waals surface area contributed by atoms with Crippen LogP contribution in [0.4, 0.5) is 0 Å². The molecule has 0 aliphatic heterocycles. The van der Waals surface area contributed by atoms with E-state index in [9.17, 15) is 0 Å². The van der Waals surface area contributed by atoms with Crippen molar-refractivity contribution in [1.82, 2.24) is 19.1 Å². The maximum Gasteiger partial charge on any atom is 0.0572 e. The van der Waals surface area contributed by atoms with Crippen LogP contribution >= 0.6 is 0 Å². The van der Waals surface area contributed by atoms with Crippen molar-refractivity contribution in [2.24, 2.45) is 0 Å². The minimum Gasteiger partial charge on any atom is -0.310 e. The number of allylic oxidation sites excluding steroid dienone is 2. The highest BCUT2D eigenvalue weighted by Gasteiger charge is 2.19. The van der Waals surface area contributed by atoms with Gasteiger partial charge in [-0.3, -0.25) is 9.97 Å². The summed E-state index contributed by atoms with van der Waals surface area (Å²) < 4.78 is 4.73. The van der Waals surface area contributed by atoms with Crippen molar-refractivity contribution >= 4 is 34.0 Å². The summed E-state index contributed by atoms with van der Waals surface area (Å²) in [6.45, 7) is 8.73. The number of rotatable bonds is 9. The first-order chi connectivity index (χ1) is 20.7. The summed E-state index contributed by atoms with van der Waals surface area (Å²) in [6, 6.07) is 22.3. The topological polar surface area (TPSA) is 35.6 Å². The number of aromatic nitrogens is 4. The minimum atomic E-state index is 0.998. The maximum atomic E-state index is 4.35. The molecule has 2 aromatic carbocycles. The van der Waals surface area contributed by atoms with E-state index in [1.807, 2.05) is 24.8 Å². The van der Waals surface area contributed by atoms with E-state index >= 15 is 0 Å². The van der Waals surface area contributed by atoms with E-state index in [-0.39, 0.29) is 0 Å². The standard InChI is InChI=1S/C38H38N4/c1-5-9-35-31(7-3)32(8-4)36(10-6-2)41(35)29-17-13-27(14-18-29)11-12-28-15-19-30(20-16-28)42-37-21-23-39-25-33(37)34-26-40-24-22-38(34)42/h5-6,9-10,13-26H,7-8,11-12H2,1-4H3/b9-5-,10-6-. The van der Waals surface area contributed by atoms with Crippen LogP contribution in [-0.4, -0.2) is 19.1 Å². The summed E-state index contributed by atoms with van der Waals surface area (Å²) in [5, 5.41) is 2.25. The second kappa shape index (κ2) is 12.0. The Kier molecular flexibility index (Phi) is 7.87. The minimum absolute atomic E-state index is 0.998. The van der Waals surface area contributed by atoms with Crippen LogP contribution in [0.2, 0.25) is 0 Å². The molecule has 0 aliphatic rings. The quantitative estimate of drug-likeness (QED) is 0.180. The average molecular weight is 551 g/mol. The molecule has 4 aromatic heterocycles. The van der Waals surface area contributed by atoms with Gasteiger partial charge in [-0.05, 0) is 110 Å². The summed E-state index contributed by atoms with van der Waals surface area (Å²) in [6.07, 6.45) is 20.5. The molecule has 4 nitrogen and oxygen atoms in total. The molecule has 0 unspecified atom stereocenters. The second-order valence-electron chi connectivity index (χ2n) is 10.7. The van der Waals surface area contributed by atoms with Crippen molar-refractivity contribution < 1.29 is 0 Å². The zero-order valence-electron chi connectivity index (χ0n) is 25.0. The van der Waals surface area contributed by atoms with Gasteiger partial charge in [0.1, 0.15) is 0 Å². The SMILES string of the molecule is C/C=C\c1c(CC)c(CC)c(/C=C\C)n1-c1ccc(CCc2ccc(-n3c4ccncc4c4cnccc43)cc2)cc1. The van der Waals surface area contributed by atoms with Crippen LogP contribution < -0.4 is 0 Å².